The second-order valence-corrected chi connectivity index (χ2v) is 4.84. The number of halogens is 4. The van der Waals surface area contributed by atoms with Crippen LogP contribution in [-0.4, -0.2) is 4.92 Å². The number of non-ortho nitro benzene ring substituents is 1. The molecule has 2 rings (SSSR count). The Morgan fingerprint density at radius 1 is 1.05 bits per heavy atom. The number of nitro groups is 1. The molecule has 0 aliphatic rings. The van der Waals surface area contributed by atoms with E-state index in [4.69, 9.17) is 34.8 Å². The van der Waals surface area contributed by atoms with Gasteiger partial charge < -0.3 is 0 Å². The Hall–Kier alpha value is -1.36. The highest BCUT2D eigenvalue weighted by Gasteiger charge is 2.15. The van der Waals surface area contributed by atoms with Gasteiger partial charge in [0.15, 0.2) is 0 Å². The maximum absolute atomic E-state index is 13.4. The van der Waals surface area contributed by atoms with Gasteiger partial charge in [-0.05, 0) is 17.7 Å². The van der Waals surface area contributed by atoms with Crippen LogP contribution >= 0.6 is 34.8 Å². The summed E-state index contributed by atoms with van der Waals surface area (Å²) in [6, 6.07) is 6.19. The van der Waals surface area contributed by atoms with Gasteiger partial charge in [-0.15, -0.1) is 0 Å². The van der Waals surface area contributed by atoms with Gasteiger partial charge >= 0.3 is 0 Å². The maximum Gasteiger partial charge on any atom is 0.272 e. The Balaban J connectivity index is 2.65. The van der Waals surface area contributed by atoms with Crippen LogP contribution in [0.4, 0.5) is 10.1 Å². The van der Waals surface area contributed by atoms with Crippen molar-refractivity contribution in [1.82, 2.24) is 0 Å². The SMILES string of the molecule is O=[N+]([O-])c1cc(F)cc(-c2ccc(Cl)c(Cl)c2Cl)c1. The normalized spacial score (nSPS) is 10.5. The van der Waals surface area contributed by atoms with E-state index in [-0.39, 0.29) is 26.3 Å². The molecule has 0 radical (unpaired) electrons. The van der Waals surface area contributed by atoms with Crippen LogP contribution in [0.1, 0.15) is 0 Å². The highest BCUT2D eigenvalue weighted by molar-refractivity contribution is 6.49. The average Bonchev–Trinajstić information content (AvgIpc) is 2.35. The van der Waals surface area contributed by atoms with Crippen LogP contribution in [0.5, 0.6) is 0 Å². The minimum atomic E-state index is -0.730. The lowest BCUT2D eigenvalue weighted by atomic mass is 10.0. The predicted molar refractivity (Wildman–Crippen MR) is 73.5 cm³/mol. The Kier molecular flexibility index (Phi) is 3.94. The zero-order valence-electron chi connectivity index (χ0n) is 9.16. The molecular weight excluding hydrogens is 315 g/mol. The number of nitrogens with zero attached hydrogens (tertiary/aromatic N) is 1. The van der Waals surface area contributed by atoms with Gasteiger partial charge in [-0.3, -0.25) is 10.1 Å². The lowest BCUT2D eigenvalue weighted by molar-refractivity contribution is -0.385. The Morgan fingerprint density at radius 3 is 2.37 bits per heavy atom. The van der Waals surface area contributed by atoms with Gasteiger partial charge in [-0.25, -0.2) is 4.39 Å². The molecule has 0 fully saturated rings. The second kappa shape index (κ2) is 5.33. The largest absolute Gasteiger partial charge is 0.272 e. The molecule has 0 saturated carbocycles. The molecule has 0 atom stereocenters. The lowest BCUT2D eigenvalue weighted by Crippen LogP contribution is -1.91. The van der Waals surface area contributed by atoms with Crippen molar-refractivity contribution in [2.45, 2.75) is 0 Å². The fourth-order valence-electron chi connectivity index (χ4n) is 1.58. The van der Waals surface area contributed by atoms with Crippen molar-refractivity contribution in [1.29, 1.82) is 0 Å². The first-order valence-electron chi connectivity index (χ1n) is 4.99. The summed E-state index contributed by atoms with van der Waals surface area (Å²) in [5, 5.41) is 11.2. The van der Waals surface area contributed by atoms with Crippen molar-refractivity contribution in [2.24, 2.45) is 0 Å². The first kappa shape index (κ1) is 14.1. The van der Waals surface area contributed by atoms with Crippen molar-refractivity contribution in [2.75, 3.05) is 0 Å². The number of rotatable bonds is 2. The fraction of sp³-hybridized carbons (Fsp3) is 0. The third-order valence-electron chi connectivity index (χ3n) is 2.44. The number of benzene rings is 2. The third-order valence-corrected chi connectivity index (χ3v) is 3.73. The average molecular weight is 321 g/mol. The summed E-state index contributed by atoms with van der Waals surface area (Å²) >= 11 is 17.7. The minimum Gasteiger partial charge on any atom is -0.258 e. The molecule has 0 saturated heterocycles. The first-order valence-corrected chi connectivity index (χ1v) is 6.12. The van der Waals surface area contributed by atoms with Crippen molar-refractivity contribution < 1.29 is 9.31 Å². The summed E-state index contributed by atoms with van der Waals surface area (Å²) < 4.78 is 13.4. The standard InChI is InChI=1S/C12H5Cl3FNO2/c13-10-2-1-9(11(14)12(10)15)6-3-7(16)5-8(4-6)17(18)19/h1-5H. The number of hydrogen-bond acceptors (Lipinski definition) is 2. The molecule has 0 amide bonds. The molecule has 19 heavy (non-hydrogen) atoms. The molecule has 0 heterocycles. The summed E-state index contributed by atoms with van der Waals surface area (Å²) in [7, 11) is 0. The molecular formula is C12H5Cl3FNO2. The van der Waals surface area contributed by atoms with Gasteiger partial charge in [-0.1, -0.05) is 40.9 Å². The van der Waals surface area contributed by atoms with Gasteiger partial charge in [0, 0.05) is 11.6 Å². The molecule has 0 unspecified atom stereocenters. The van der Waals surface area contributed by atoms with Gasteiger partial charge in [0.2, 0.25) is 0 Å². The summed E-state index contributed by atoms with van der Waals surface area (Å²) in [6.07, 6.45) is 0. The molecule has 0 N–H and O–H groups in total. The van der Waals surface area contributed by atoms with E-state index in [2.05, 4.69) is 0 Å². The molecule has 3 nitrogen and oxygen atoms in total. The van der Waals surface area contributed by atoms with E-state index in [1.807, 2.05) is 0 Å². The van der Waals surface area contributed by atoms with Crippen molar-refractivity contribution >= 4 is 40.5 Å². The predicted octanol–water partition coefficient (Wildman–Crippen LogP) is 5.36. The van der Waals surface area contributed by atoms with Crippen LogP contribution < -0.4 is 0 Å². The van der Waals surface area contributed by atoms with Crippen molar-refractivity contribution in [3.63, 3.8) is 0 Å². The van der Waals surface area contributed by atoms with E-state index in [0.29, 0.717) is 5.56 Å². The molecule has 0 aliphatic heterocycles. The quantitative estimate of drug-likeness (QED) is 0.424. The van der Waals surface area contributed by atoms with Crippen LogP contribution in [0.25, 0.3) is 11.1 Å². The maximum atomic E-state index is 13.4. The number of nitro benzene ring substituents is 1. The Bertz CT molecular complexity index is 676. The van der Waals surface area contributed by atoms with E-state index in [1.54, 1.807) is 0 Å². The molecule has 0 bridgehead atoms. The van der Waals surface area contributed by atoms with E-state index in [0.717, 1.165) is 12.1 Å². The molecule has 2 aromatic carbocycles. The zero-order valence-corrected chi connectivity index (χ0v) is 11.4. The number of hydrogen-bond donors (Lipinski definition) is 0. The fourth-order valence-corrected chi connectivity index (χ4v) is 2.23. The van der Waals surface area contributed by atoms with E-state index < -0.39 is 10.7 Å². The highest BCUT2D eigenvalue weighted by Crippen LogP contribution is 2.39. The monoisotopic (exact) mass is 319 g/mol. The van der Waals surface area contributed by atoms with Crippen LogP contribution in [0.3, 0.4) is 0 Å². The summed E-state index contributed by atoms with van der Waals surface area (Å²) in [5.74, 6) is -0.730. The van der Waals surface area contributed by atoms with E-state index in [1.165, 1.54) is 18.2 Å². The molecule has 7 heteroatoms. The summed E-state index contributed by atoms with van der Waals surface area (Å²) in [4.78, 5) is 10.0. The van der Waals surface area contributed by atoms with Crippen molar-refractivity contribution in [3.05, 3.63) is 61.3 Å². The molecule has 0 spiro atoms. The van der Waals surface area contributed by atoms with Crippen LogP contribution in [-0.2, 0) is 0 Å². The smallest absolute Gasteiger partial charge is 0.258 e. The molecule has 98 valence electrons. The minimum absolute atomic E-state index is 0.118. The Morgan fingerprint density at radius 2 is 1.74 bits per heavy atom. The van der Waals surface area contributed by atoms with Gasteiger partial charge in [0.05, 0.1) is 26.1 Å². The second-order valence-electron chi connectivity index (χ2n) is 3.68. The summed E-state index contributed by atoms with van der Waals surface area (Å²) in [6.45, 7) is 0. The lowest BCUT2D eigenvalue weighted by Gasteiger charge is -2.07. The summed E-state index contributed by atoms with van der Waals surface area (Å²) in [5.41, 5.74) is 0.270. The highest BCUT2D eigenvalue weighted by atomic mass is 35.5. The van der Waals surface area contributed by atoms with Crippen molar-refractivity contribution in [3.8, 4) is 11.1 Å². The van der Waals surface area contributed by atoms with Crippen LogP contribution in [0.2, 0.25) is 15.1 Å². The van der Waals surface area contributed by atoms with Crippen LogP contribution in [0.15, 0.2) is 30.3 Å². The van der Waals surface area contributed by atoms with Gasteiger partial charge in [-0.2, -0.15) is 0 Å². The first-order chi connectivity index (χ1) is 8.90. The van der Waals surface area contributed by atoms with Gasteiger partial charge in [0.25, 0.3) is 5.69 Å². The van der Waals surface area contributed by atoms with E-state index in [9.17, 15) is 14.5 Å². The molecule has 0 aliphatic carbocycles. The van der Waals surface area contributed by atoms with E-state index >= 15 is 0 Å². The molecule has 0 aromatic heterocycles. The Labute approximate surface area is 122 Å². The molecule has 2 aromatic rings. The zero-order chi connectivity index (χ0) is 14.2. The van der Waals surface area contributed by atoms with Crippen LogP contribution in [0, 0.1) is 15.9 Å². The third kappa shape index (κ3) is 2.81. The van der Waals surface area contributed by atoms with Gasteiger partial charge in [0.1, 0.15) is 5.82 Å². The topological polar surface area (TPSA) is 43.1 Å².